The number of aryl methyl sites for hydroxylation is 1. The molecular weight excluding hydrogens is 419 g/mol. The Morgan fingerprint density at radius 1 is 1.03 bits per heavy atom. The van der Waals surface area contributed by atoms with Crippen molar-refractivity contribution in [1.82, 2.24) is 5.16 Å². The minimum Gasteiger partial charge on any atom is -0.455 e. The van der Waals surface area contributed by atoms with Crippen LogP contribution in [-0.4, -0.2) is 22.9 Å². The summed E-state index contributed by atoms with van der Waals surface area (Å²) in [7, 11) is 0. The van der Waals surface area contributed by atoms with Crippen LogP contribution in [-0.2, 0) is 11.3 Å². The highest BCUT2D eigenvalue weighted by Gasteiger charge is 2.37. The second-order valence-corrected chi connectivity index (χ2v) is 7.12. The van der Waals surface area contributed by atoms with E-state index >= 15 is 0 Å². The first-order valence-electron chi connectivity index (χ1n) is 8.42. The van der Waals surface area contributed by atoms with Gasteiger partial charge < -0.3 is 9.26 Å². The fourth-order valence-corrected chi connectivity index (χ4v) is 3.23. The first-order chi connectivity index (χ1) is 13.8. The topological polar surface area (TPSA) is 89.7 Å². The summed E-state index contributed by atoms with van der Waals surface area (Å²) in [4.78, 5) is 38.8. The quantitative estimate of drug-likeness (QED) is 0.448. The number of carbonyl (C=O) groups is 3. The van der Waals surface area contributed by atoms with Gasteiger partial charge in [-0.1, -0.05) is 28.4 Å². The molecule has 29 heavy (non-hydrogen) atoms. The standard InChI is InChI=1S/C20H12Cl2N2O5/c1-10-6-12(23-29-10)9-28-20(27)11-2-4-14-15(7-11)19(26)24(18(14)25)13-3-5-16(21)17(22)8-13/h2-8H,9H2,1H3. The minimum absolute atomic E-state index is 0.0739. The molecule has 2 amide bonds. The van der Waals surface area contributed by atoms with Crippen LogP contribution in [0.4, 0.5) is 5.69 Å². The summed E-state index contributed by atoms with van der Waals surface area (Å²) in [6, 6.07) is 10.3. The van der Waals surface area contributed by atoms with Gasteiger partial charge in [0.15, 0.2) is 0 Å². The fourth-order valence-electron chi connectivity index (χ4n) is 2.94. The van der Waals surface area contributed by atoms with Gasteiger partial charge in [0.1, 0.15) is 18.1 Å². The van der Waals surface area contributed by atoms with Gasteiger partial charge in [0, 0.05) is 6.07 Å². The van der Waals surface area contributed by atoms with Gasteiger partial charge in [-0.3, -0.25) is 9.59 Å². The van der Waals surface area contributed by atoms with Crippen molar-refractivity contribution in [3.63, 3.8) is 0 Å². The summed E-state index contributed by atoms with van der Waals surface area (Å²) < 4.78 is 10.1. The SMILES string of the molecule is Cc1cc(COC(=O)c2ccc3c(c2)C(=O)N(c2ccc(Cl)c(Cl)c2)C3=O)no1. The van der Waals surface area contributed by atoms with Crippen molar-refractivity contribution in [3.05, 3.63) is 80.7 Å². The molecule has 3 aromatic rings. The van der Waals surface area contributed by atoms with Gasteiger partial charge in [-0.25, -0.2) is 9.69 Å². The van der Waals surface area contributed by atoms with Crippen molar-refractivity contribution in [1.29, 1.82) is 0 Å². The zero-order chi connectivity index (χ0) is 20.7. The van der Waals surface area contributed by atoms with Crippen molar-refractivity contribution in [2.75, 3.05) is 4.90 Å². The Kier molecular flexibility index (Phi) is 4.86. The maximum absolute atomic E-state index is 12.8. The summed E-state index contributed by atoms with van der Waals surface area (Å²) in [5.41, 5.74) is 1.18. The molecule has 0 radical (unpaired) electrons. The van der Waals surface area contributed by atoms with Gasteiger partial charge in [-0.2, -0.15) is 0 Å². The van der Waals surface area contributed by atoms with Crippen molar-refractivity contribution in [2.24, 2.45) is 0 Å². The first-order valence-corrected chi connectivity index (χ1v) is 9.18. The van der Waals surface area contributed by atoms with E-state index in [4.69, 9.17) is 32.5 Å². The predicted octanol–water partition coefficient (Wildman–Crippen LogP) is 4.45. The number of aromatic nitrogens is 1. The number of esters is 1. The third kappa shape index (κ3) is 3.50. The Hall–Kier alpha value is -3.16. The normalized spacial score (nSPS) is 13.0. The zero-order valence-electron chi connectivity index (χ0n) is 14.9. The van der Waals surface area contributed by atoms with Crippen LogP contribution >= 0.6 is 23.2 Å². The molecule has 0 unspecified atom stereocenters. The number of imide groups is 1. The van der Waals surface area contributed by atoms with Crippen LogP contribution in [0.15, 0.2) is 47.0 Å². The number of rotatable bonds is 4. The Morgan fingerprint density at radius 2 is 1.79 bits per heavy atom. The van der Waals surface area contributed by atoms with Crippen LogP contribution in [0.1, 0.15) is 42.5 Å². The molecule has 0 atom stereocenters. The van der Waals surface area contributed by atoms with Crippen molar-refractivity contribution in [2.45, 2.75) is 13.5 Å². The molecule has 1 aromatic heterocycles. The monoisotopic (exact) mass is 430 g/mol. The lowest BCUT2D eigenvalue weighted by atomic mass is 10.1. The van der Waals surface area contributed by atoms with Gasteiger partial charge in [0.25, 0.3) is 11.8 Å². The van der Waals surface area contributed by atoms with Gasteiger partial charge in [-0.05, 0) is 43.3 Å². The number of anilines is 1. The molecule has 0 bridgehead atoms. The molecule has 2 heterocycles. The molecule has 7 nitrogen and oxygen atoms in total. The molecule has 0 aliphatic carbocycles. The second-order valence-electron chi connectivity index (χ2n) is 6.31. The van der Waals surface area contributed by atoms with E-state index in [0.29, 0.717) is 16.5 Å². The molecule has 2 aromatic carbocycles. The summed E-state index contributed by atoms with van der Waals surface area (Å²) in [5, 5.41) is 4.26. The first kappa shape index (κ1) is 19.2. The highest BCUT2D eigenvalue weighted by Crippen LogP contribution is 2.33. The van der Waals surface area contributed by atoms with E-state index in [1.807, 2.05) is 0 Å². The van der Waals surface area contributed by atoms with Gasteiger partial charge >= 0.3 is 5.97 Å². The predicted molar refractivity (Wildman–Crippen MR) is 104 cm³/mol. The summed E-state index contributed by atoms with van der Waals surface area (Å²) in [6.45, 7) is 1.65. The van der Waals surface area contributed by atoms with E-state index in [1.165, 1.54) is 36.4 Å². The average molecular weight is 431 g/mol. The number of hydrogen-bond donors (Lipinski definition) is 0. The number of nitrogens with zero attached hydrogens (tertiary/aromatic N) is 2. The molecule has 1 aliphatic rings. The lowest BCUT2D eigenvalue weighted by Gasteiger charge is -2.14. The number of benzene rings is 2. The average Bonchev–Trinajstić information content (AvgIpc) is 3.23. The highest BCUT2D eigenvalue weighted by atomic mass is 35.5. The molecule has 1 aliphatic heterocycles. The van der Waals surface area contributed by atoms with Crippen LogP contribution in [0.5, 0.6) is 0 Å². The molecule has 0 saturated heterocycles. The lowest BCUT2D eigenvalue weighted by Crippen LogP contribution is -2.29. The Labute approximate surface area is 174 Å². The smallest absolute Gasteiger partial charge is 0.338 e. The number of amides is 2. The van der Waals surface area contributed by atoms with Gasteiger partial charge in [0.05, 0.1) is 32.4 Å². The molecule has 0 spiro atoms. The number of carbonyl (C=O) groups excluding carboxylic acids is 3. The molecule has 0 fully saturated rings. The molecule has 4 rings (SSSR count). The van der Waals surface area contributed by atoms with E-state index < -0.39 is 17.8 Å². The summed E-state index contributed by atoms with van der Waals surface area (Å²) in [5.74, 6) is -1.13. The van der Waals surface area contributed by atoms with Crippen molar-refractivity contribution in [3.8, 4) is 0 Å². The Morgan fingerprint density at radius 3 is 2.48 bits per heavy atom. The summed E-state index contributed by atoms with van der Waals surface area (Å²) >= 11 is 11.9. The van der Waals surface area contributed by atoms with Crippen LogP contribution < -0.4 is 4.90 Å². The van der Waals surface area contributed by atoms with Crippen LogP contribution in [0.25, 0.3) is 0 Å². The van der Waals surface area contributed by atoms with E-state index in [0.717, 1.165) is 4.90 Å². The number of fused-ring (bicyclic) bond motifs is 1. The third-order valence-corrected chi connectivity index (χ3v) is 5.05. The minimum atomic E-state index is -0.651. The third-order valence-electron chi connectivity index (χ3n) is 4.31. The lowest BCUT2D eigenvalue weighted by molar-refractivity contribution is 0.0464. The van der Waals surface area contributed by atoms with Crippen LogP contribution in [0.2, 0.25) is 10.0 Å². The number of halogens is 2. The van der Waals surface area contributed by atoms with Crippen LogP contribution in [0, 0.1) is 6.92 Å². The van der Waals surface area contributed by atoms with Gasteiger partial charge in [-0.15, -0.1) is 0 Å². The van der Waals surface area contributed by atoms with Crippen LogP contribution in [0.3, 0.4) is 0 Å². The summed E-state index contributed by atoms with van der Waals surface area (Å²) in [6.07, 6.45) is 0. The molecule has 0 saturated carbocycles. The van der Waals surface area contributed by atoms with E-state index in [-0.39, 0.29) is 34.0 Å². The van der Waals surface area contributed by atoms with E-state index in [2.05, 4.69) is 5.16 Å². The fraction of sp³-hybridized carbons (Fsp3) is 0.100. The zero-order valence-corrected chi connectivity index (χ0v) is 16.5. The second kappa shape index (κ2) is 7.35. The van der Waals surface area contributed by atoms with Crippen molar-refractivity contribution >= 4 is 46.7 Å². The highest BCUT2D eigenvalue weighted by molar-refractivity contribution is 6.42. The molecule has 0 N–H and O–H groups in total. The molecule has 9 heteroatoms. The van der Waals surface area contributed by atoms with Crippen molar-refractivity contribution < 1.29 is 23.6 Å². The number of hydrogen-bond acceptors (Lipinski definition) is 6. The van der Waals surface area contributed by atoms with E-state index in [9.17, 15) is 14.4 Å². The van der Waals surface area contributed by atoms with Gasteiger partial charge in [0.2, 0.25) is 0 Å². The Bertz CT molecular complexity index is 1170. The largest absolute Gasteiger partial charge is 0.455 e. The number of ether oxygens (including phenoxy) is 1. The maximum atomic E-state index is 12.8. The molecular formula is C20H12Cl2N2O5. The maximum Gasteiger partial charge on any atom is 0.338 e. The molecule has 146 valence electrons. The Balaban J connectivity index is 1.57. The van der Waals surface area contributed by atoms with E-state index in [1.54, 1.807) is 13.0 Å².